The second-order valence-corrected chi connectivity index (χ2v) is 11.8. The molecule has 0 bridgehead atoms. The Morgan fingerprint density at radius 3 is 2.38 bits per heavy atom. The van der Waals surface area contributed by atoms with E-state index in [1.165, 1.54) is 9.58 Å². The first-order chi connectivity index (χ1) is 16.0. The quantitative estimate of drug-likeness (QED) is 0.592. The van der Waals surface area contributed by atoms with Gasteiger partial charge < -0.3 is 10.2 Å². The van der Waals surface area contributed by atoms with Crippen LogP contribution in [0.4, 0.5) is 16.3 Å². The van der Waals surface area contributed by atoms with E-state index >= 15 is 0 Å². The van der Waals surface area contributed by atoms with E-state index in [0.717, 1.165) is 16.5 Å². The molecule has 2 aromatic carbocycles. The van der Waals surface area contributed by atoms with Gasteiger partial charge in [0.05, 0.1) is 22.9 Å². The molecule has 0 radical (unpaired) electrons. The Bertz CT molecular complexity index is 1320. The predicted octanol–water partition coefficient (Wildman–Crippen LogP) is 3.23. The normalized spacial score (nSPS) is 15.8. The summed E-state index contributed by atoms with van der Waals surface area (Å²) in [5.74, 6) is 0.0735. The standard InChI is InChI=1S/C24H29N5O4S/c1-24(2,3)20-15-21(29(27-20)16-22(30)28-11-13-34(32,33)14-12-28)26-23(31)25-19-10-6-8-17-7-4-5-9-18(17)19/h4-10,15H,11-14,16H2,1-3H3,(H2,25,26,31). The largest absolute Gasteiger partial charge is 0.339 e. The molecule has 4 rings (SSSR count). The Kier molecular flexibility index (Phi) is 6.35. The summed E-state index contributed by atoms with van der Waals surface area (Å²) in [6, 6.07) is 14.7. The number of hydrogen-bond donors (Lipinski definition) is 2. The van der Waals surface area contributed by atoms with Gasteiger partial charge in [-0.25, -0.2) is 17.9 Å². The molecule has 2 N–H and O–H groups in total. The monoisotopic (exact) mass is 483 g/mol. The van der Waals surface area contributed by atoms with Crippen LogP contribution in [0.15, 0.2) is 48.5 Å². The van der Waals surface area contributed by atoms with Gasteiger partial charge in [0.1, 0.15) is 12.4 Å². The van der Waals surface area contributed by atoms with Gasteiger partial charge >= 0.3 is 6.03 Å². The van der Waals surface area contributed by atoms with E-state index in [-0.39, 0.29) is 42.5 Å². The van der Waals surface area contributed by atoms with Crippen molar-refractivity contribution in [3.8, 4) is 0 Å². The minimum atomic E-state index is -3.09. The molecule has 180 valence electrons. The third kappa shape index (κ3) is 5.39. The molecule has 1 aliphatic heterocycles. The summed E-state index contributed by atoms with van der Waals surface area (Å²) in [7, 11) is -3.09. The van der Waals surface area contributed by atoms with E-state index in [0.29, 0.717) is 11.5 Å². The maximum atomic E-state index is 12.9. The minimum Gasteiger partial charge on any atom is -0.339 e. The van der Waals surface area contributed by atoms with Gasteiger partial charge in [0.2, 0.25) is 5.91 Å². The van der Waals surface area contributed by atoms with Crippen molar-refractivity contribution in [2.24, 2.45) is 0 Å². The number of nitrogens with zero attached hydrogens (tertiary/aromatic N) is 3. The highest BCUT2D eigenvalue weighted by Crippen LogP contribution is 2.26. The molecule has 34 heavy (non-hydrogen) atoms. The Labute approximate surface area is 199 Å². The molecule has 3 amide bonds. The fourth-order valence-electron chi connectivity index (χ4n) is 3.80. The molecule has 1 saturated heterocycles. The maximum absolute atomic E-state index is 12.9. The molecule has 0 saturated carbocycles. The molecule has 0 aliphatic carbocycles. The second-order valence-electron chi connectivity index (χ2n) is 9.46. The van der Waals surface area contributed by atoms with E-state index in [1.54, 1.807) is 6.07 Å². The van der Waals surface area contributed by atoms with Gasteiger partial charge in [-0.1, -0.05) is 57.2 Å². The molecule has 1 fully saturated rings. The molecule has 2 heterocycles. The molecule has 0 spiro atoms. The molecule has 0 unspecified atom stereocenters. The van der Waals surface area contributed by atoms with Crippen LogP contribution < -0.4 is 10.6 Å². The Hall–Kier alpha value is -3.40. The third-order valence-corrected chi connectivity index (χ3v) is 7.42. The zero-order valence-corrected chi connectivity index (χ0v) is 20.4. The molecular weight excluding hydrogens is 454 g/mol. The number of urea groups is 1. The number of sulfone groups is 1. The Morgan fingerprint density at radius 2 is 1.68 bits per heavy atom. The molecule has 10 heteroatoms. The van der Waals surface area contributed by atoms with Gasteiger partial charge in [-0.05, 0) is 11.5 Å². The van der Waals surface area contributed by atoms with Crippen LogP contribution in [-0.4, -0.2) is 59.6 Å². The zero-order chi connectivity index (χ0) is 24.5. The molecule has 9 nitrogen and oxygen atoms in total. The van der Waals surface area contributed by atoms with Crippen LogP contribution in [0.2, 0.25) is 0 Å². The van der Waals surface area contributed by atoms with Crippen LogP contribution in [0.3, 0.4) is 0 Å². The van der Waals surface area contributed by atoms with Crippen molar-refractivity contribution in [2.75, 3.05) is 35.2 Å². The Balaban J connectivity index is 1.53. The number of amides is 3. The molecule has 0 atom stereocenters. The first-order valence-corrected chi connectivity index (χ1v) is 13.0. The zero-order valence-electron chi connectivity index (χ0n) is 19.5. The number of carbonyl (C=O) groups excluding carboxylic acids is 2. The summed E-state index contributed by atoms with van der Waals surface area (Å²) < 4.78 is 24.8. The van der Waals surface area contributed by atoms with Crippen molar-refractivity contribution in [3.63, 3.8) is 0 Å². The van der Waals surface area contributed by atoms with Crippen LogP contribution in [0, 0.1) is 0 Å². The number of rotatable bonds is 4. The lowest BCUT2D eigenvalue weighted by molar-refractivity contribution is -0.131. The first-order valence-electron chi connectivity index (χ1n) is 11.1. The van der Waals surface area contributed by atoms with Crippen molar-refractivity contribution in [1.82, 2.24) is 14.7 Å². The van der Waals surface area contributed by atoms with Crippen molar-refractivity contribution in [1.29, 1.82) is 0 Å². The molecule has 1 aromatic heterocycles. The Morgan fingerprint density at radius 1 is 1.00 bits per heavy atom. The van der Waals surface area contributed by atoms with Crippen molar-refractivity contribution in [3.05, 3.63) is 54.2 Å². The summed E-state index contributed by atoms with van der Waals surface area (Å²) in [6.07, 6.45) is 0. The smallest absolute Gasteiger partial charge is 0.324 e. The highest BCUT2D eigenvalue weighted by molar-refractivity contribution is 7.91. The van der Waals surface area contributed by atoms with Crippen molar-refractivity contribution < 1.29 is 18.0 Å². The number of aromatic nitrogens is 2. The number of fused-ring (bicyclic) bond motifs is 1. The second kappa shape index (κ2) is 9.09. The highest BCUT2D eigenvalue weighted by atomic mass is 32.2. The topological polar surface area (TPSA) is 113 Å². The van der Waals surface area contributed by atoms with Crippen molar-refractivity contribution >= 4 is 44.1 Å². The summed E-state index contributed by atoms with van der Waals surface area (Å²) in [5.41, 5.74) is 1.10. The van der Waals surface area contributed by atoms with Gasteiger partial charge in [-0.2, -0.15) is 5.10 Å². The molecule has 3 aromatic rings. The molecule has 1 aliphatic rings. The number of hydrogen-bond acceptors (Lipinski definition) is 5. The minimum absolute atomic E-state index is 0.0381. The SMILES string of the molecule is CC(C)(C)c1cc(NC(=O)Nc2cccc3ccccc23)n(CC(=O)N2CCS(=O)(=O)CC2)n1. The lowest BCUT2D eigenvalue weighted by Gasteiger charge is -2.27. The van der Waals surface area contributed by atoms with Crippen LogP contribution >= 0.6 is 0 Å². The van der Waals surface area contributed by atoms with Gasteiger partial charge in [0.25, 0.3) is 0 Å². The van der Waals surface area contributed by atoms with Crippen LogP contribution in [0.5, 0.6) is 0 Å². The lowest BCUT2D eigenvalue weighted by Crippen LogP contribution is -2.45. The fraction of sp³-hybridized carbons (Fsp3) is 0.375. The maximum Gasteiger partial charge on any atom is 0.324 e. The average Bonchev–Trinajstić information content (AvgIpc) is 3.16. The lowest BCUT2D eigenvalue weighted by atomic mass is 9.92. The van der Waals surface area contributed by atoms with Gasteiger partial charge in [0, 0.05) is 30.0 Å². The number of nitrogens with one attached hydrogen (secondary N) is 2. The van der Waals surface area contributed by atoms with E-state index in [2.05, 4.69) is 15.7 Å². The summed E-state index contributed by atoms with van der Waals surface area (Å²) in [5, 5.41) is 12.2. The summed E-state index contributed by atoms with van der Waals surface area (Å²) in [6.45, 7) is 6.22. The van der Waals surface area contributed by atoms with Gasteiger partial charge in [-0.3, -0.25) is 10.1 Å². The van der Waals surface area contributed by atoms with Gasteiger partial charge in [-0.15, -0.1) is 0 Å². The fourth-order valence-corrected chi connectivity index (χ4v) is 5.00. The van der Waals surface area contributed by atoms with Crippen LogP contribution in [-0.2, 0) is 26.6 Å². The van der Waals surface area contributed by atoms with E-state index in [9.17, 15) is 18.0 Å². The summed E-state index contributed by atoms with van der Waals surface area (Å²) >= 11 is 0. The number of carbonyl (C=O) groups is 2. The number of benzene rings is 2. The van der Waals surface area contributed by atoms with E-state index in [4.69, 9.17) is 0 Å². The molecular formula is C24H29N5O4S. The predicted molar refractivity (Wildman–Crippen MR) is 133 cm³/mol. The van der Waals surface area contributed by atoms with Crippen molar-refractivity contribution in [2.45, 2.75) is 32.7 Å². The van der Waals surface area contributed by atoms with E-state index < -0.39 is 15.9 Å². The average molecular weight is 484 g/mol. The van der Waals surface area contributed by atoms with Crippen LogP contribution in [0.1, 0.15) is 26.5 Å². The van der Waals surface area contributed by atoms with Gasteiger partial charge in [0.15, 0.2) is 9.84 Å². The first kappa shape index (κ1) is 23.7. The highest BCUT2D eigenvalue weighted by Gasteiger charge is 2.27. The van der Waals surface area contributed by atoms with Crippen LogP contribution in [0.25, 0.3) is 10.8 Å². The number of anilines is 2. The third-order valence-electron chi connectivity index (χ3n) is 5.81. The summed E-state index contributed by atoms with van der Waals surface area (Å²) in [4.78, 5) is 27.3. The van der Waals surface area contributed by atoms with E-state index in [1.807, 2.05) is 63.2 Å².